The molecule has 94 valence electrons. The Balaban J connectivity index is 2.62. The first-order chi connectivity index (χ1) is 8.04. The highest BCUT2D eigenvalue weighted by atomic mass is 19.1. The molecule has 0 aliphatic carbocycles. The average molecular weight is 244 g/mol. The predicted molar refractivity (Wildman–Crippen MR) is 56.4 cm³/mol. The second-order valence-electron chi connectivity index (χ2n) is 3.31. The molecule has 1 rings (SSSR count). The van der Waals surface area contributed by atoms with Gasteiger partial charge in [0.2, 0.25) is 0 Å². The van der Waals surface area contributed by atoms with Crippen LogP contribution in [0, 0.1) is 5.82 Å². The molecule has 0 aliphatic heterocycles. The van der Waals surface area contributed by atoms with E-state index in [4.69, 9.17) is 9.84 Å². The number of aliphatic hydroxyl groups is 1. The first-order valence-corrected chi connectivity index (χ1v) is 4.85. The predicted octanol–water partition coefficient (Wildman–Crippen LogP) is 0.969. The number of aliphatic carboxylic acids is 1. The zero-order chi connectivity index (χ0) is 12.8. The lowest BCUT2D eigenvalue weighted by molar-refractivity contribution is -0.143. The fraction of sp³-hybridized carbons (Fsp3) is 0.364. The molecule has 0 radical (unpaired) electrons. The van der Waals surface area contributed by atoms with Gasteiger partial charge in [0.25, 0.3) is 0 Å². The number of aliphatic hydroxyl groups excluding tert-OH is 1. The molecule has 0 saturated heterocycles. The minimum atomic E-state index is -1.21. The van der Waals surface area contributed by atoms with Crippen LogP contribution in [-0.4, -0.2) is 36.5 Å². The van der Waals surface area contributed by atoms with Crippen molar-refractivity contribution in [3.05, 3.63) is 29.6 Å². The quantitative estimate of drug-likeness (QED) is 0.779. The van der Waals surface area contributed by atoms with Gasteiger partial charge >= 0.3 is 5.97 Å². The van der Waals surface area contributed by atoms with Crippen molar-refractivity contribution in [1.29, 1.82) is 0 Å². The first-order valence-electron chi connectivity index (χ1n) is 4.85. The van der Waals surface area contributed by atoms with Crippen LogP contribution in [0.15, 0.2) is 18.2 Å². The van der Waals surface area contributed by atoms with E-state index in [0.29, 0.717) is 5.75 Å². The molecule has 0 bridgehead atoms. The number of hydrogen-bond donors (Lipinski definition) is 2. The standard InChI is InChI=1S/C11H13FO5/c1-16-7-2-3-8(9(12)4-7)10(13)5-17-6-11(14)15/h2-4,10,13H,5-6H2,1H3,(H,14,15). The van der Waals surface area contributed by atoms with Crippen LogP contribution >= 0.6 is 0 Å². The topological polar surface area (TPSA) is 76.0 Å². The second-order valence-corrected chi connectivity index (χ2v) is 3.31. The van der Waals surface area contributed by atoms with Crippen LogP contribution in [0.1, 0.15) is 11.7 Å². The minimum absolute atomic E-state index is 0.0381. The fourth-order valence-electron chi connectivity index (χ4n) is 1.25. The number of carboxylic acids is 1. The van der Waals surface area contributed by atoms with E-state index >= 15 is 0 Å². The normalized spacial score (nSPS) is 12.2. The van der Waals surface area contributed by atoms with Gasteiger partial charge in [-0.3, -0.25) is 0 Å². The Bertz CT molecular complexity index is 393. The van der Waals surface area contributed by atoms with E-state index in [2.05, 4.69) is 4.74 Å². The van der Waals surface area contributed by atoms with Crippen molar-refractivity contribution in [3.63, 3.8) is 0 Å². The van der Waals surface area contributed by atoms with Gasteiger partial charge in [0, 0.05) is 11.6 Å². The summed E-state index contributed by atoms with van der Waals surface area (Å²) in [7, 11) is 1.40. The maximum Gasteiger partial charge on any atom is 0.329 e. The molecule has 0 aliphatic rings. The summed E-state index contributed by atoms with van der Waals surface area (Å²) in [6.07, 6.45) is -1.21. The number of methoxy groups -OCH3 is 1. The lowest BCUT2D eigenvalue weighted by Gasteiger charge is -2.12. The van der Waals surface area contributed by atoms with Crippen LogP contribution in [0.4, 0.5) is 4.39 Å². The van der Waals surface area contributed by atoms with Gasteiger partial charge in [0.05, 0.1) is 13.7 Å². The number of carbonyl (C=O) groups is 1. The number of benzene rings is 1. The smallest absolute Gasteiger partial charge is 0.329 e. The molecule has 5 nitrogen and oxygen atoms in total. The maximum atomic E-state index is 13.5. The number of ether oxygens (including phenoxy) is 2. The Morgan fingerprint density at radius 1 is 1.53 bits per heavy atom. The summed E-state index contributed by atoms with van der Waals surface area (Å²) in [4.78, 5) is 10.2. The lowest BCUT2D eigenvalue weighted by atomic mass is 10.1. The molecule has 0 fully saturated rings. The Labute approximate surface area is 97.4 Å². The van der Waals surface area contributed by atoms with Gasteiger partial charge in [-0.05, 0) is 12.1 Å². The highest BCUT2D eigenvalue weighted by molar-refractivity contribution is 5.67. The van der Waals surface area contributed by atoms with Crippen LogP contribution in [0.5, 0.6) is 5.75 Å². The van der Waals surface area contributed by atoms with Crippen LogP contribution in [0.3, 0.4) is 0 Å². The van der Waals surface area contributed by atoms with Crippen molar-refractivity contribution >= 4 is 5.97 Å². The summed E-state index contributed by atoms with van der Waals surface area (Å²) in [5.74, 6) is -1.44. The third-order valence-electron chi connectivity index (χ3n) is 2.07. The molecular weight excluding hydrogens is 231 g/mol. The molecule has 0 amide bonds. The van der Waals surface area contributed by atoms with Gasteiger partial charge in [-0.1, -0.05) is 0 Å². The van der Waals surface area contributed by atoms with Gasteiger partial charge in [0.1, 0.15) is 24.3 Å². The monoisotopic (exact) mass is 244 g/mol. The van der Waals surface area contributed by atoms with Gasteiger partial charge in [-0.25, -0.2) is 9.18 Å². The van der Waals surface area contributed by atoms with E-state index < -0.39 is 24.5 Å². The Morgan fingerprint density at radius 3 is 2.76 bits per heavy atom. The van der Waals surface area contributed by atoms with Crippen molar-refractivity contribution in [3.8, 4) is 5.75 Å². The number of rotatable bonds is 6. The van der Waals surface area contributed by atoms with E-state index in [-0.39, 0.29) is 12.2 Å². The Hall–Kier alpha value is -1.66. The molecule has 1 atom stereocenters. The zero-order valence-corrected chi connectivity index (χ0v) is 9.22. The third-order valence-corrected chi connectivity index (χ3v) is 2.07. The highest BCUT2D eigenvalue weighted by Gasteiger charge is 2.14. The molecule has 2 N–H and O–H groups in total. The van der Waals surface area contributed by atoms with Gasteiger partial charge in [-0.2, -0.15) is 0 Å². The third kappa shape index (κ3) is 4.01. The molecule has 1 aromatic rings. The number of halogens is 1. The van der Waals surface area contributed by atoms with Gasteiger partial charge < -0.3 is 19.7 Å². The summed E-state index contributed by atoms with van der Waals surface area (Å²) < 4.78 is 22.9. The molecule has 0 aromatic heterocycles. The molecule has 6 heteroatoms. The zero-order valence-electron chi connectivity index (χ0n) is 9.22. The molecular formula is C11H13FO5. The van der Waals surface area contributed by atoms with E-state index in [1.165, 1.54) is 19.2 Å². The van der Waals surface area contributed by atoms with E-state index in [9.17, 15) is 14.3 Å². The summed E-state index contributed by atoms with van der Waals surface area (Å²) in [6, 6.07) is 4.00. The summed E-state index contributed by atoms with van der Waals surface area (Å²) >= 11 is 0. The molecule has 0 heterocycles. The van der Waals surface area contributed by atoms with E-state index in [1.54, 1.807) is 0 Å². The van der Waals surface area contributed by atoms with Crippen LogP contribution < -0.4 is 4.74 Å². The fourth-order valence-corrected chi connectivity index (χ4v) is 1.25. The molecule has 0 saturated carbocycles. The van der Waals surface area contributed by atoms with Gasteiger partial charge in [0.15, 0.2) is 0 Å². The van der Waals surface area contributed by atoms with Crippen molar-refractivity contribution in [2.24, 2.45) is 0 Å². The molecule has 0 spiro atoms. The highest BCUT2D eigenvalue weighted by Crippen LogP contribution is 2.21. The van der Waals surface area contributed by atoms with E-state index in [0.717, 1.165) is 6.07 Å². The number of carboxylic acid groups (broad SMARTS) is 1. The van der Waals surface area contributed by atoms with Crippen molar-refractivity contribution < 1.29 is 28.9 Å². The SMILES string of the molecule is COc1ccc(C(O)COCC(=O)O)c(F)c1. The molecule has 1 aromatic carbocycles. The number of hydrogen-bond acceptors (Lipinski definition) is 4. The Morgan fingerprint density at radius 2 is 2.24 bits per heavy atom. The average Bonchev–Trinajstić information content (AvgIpc) is 2.28. The van der Waals surface area contributed by atoms with E-state index in [1.807, 2.05) is 0 Å². The first kappa shape index (κ1) is 13.4. The van der Waals surface area contributed by atoms with Crippen molar-refractivity contribution in [2.45, 2.75) is 6.10 Å². The second kappa shape index (κ2) is 6.17. The van der Waals surface area contributed by atoms with Crippen LogP contribution in [0.2, 0.25) is 0 Å². The minimum Gasteiger partial charge on any atom is -0.497 e. The molecule has 17 heavy (non-hydrogen) atoms. The Kier molecular flexibility index (Phi) is 4.86. The largest absolute Gasteiger partial charge is 0.497 e. The van der Waals surface area contributed by atoms with Gasteiger partial charge in [-0.15, -0.1) is 0 Å². The summed E-state index contributed by atoms with van der Waals surface area (Å²) in [6.45, 7) is -0.815. The summed E-state index contributed by atoms with van der Waals surface area (Å²) in [5.41, 5.74) is 0.0381. The van der Waals surface area contributed by atoms with Crippen molar-refractivity contribution in [2.75, 3.05) is 20.3 Å². The van der Waals surface area contributed by atoms with Crippen LogP contribution in [0.25, 0.3) is 0 Å². The van der Waals surface area contributed by atoms with Crippen LogP contribution in [-0.2, 0) is 9.53 Å². The lowest BCUT2D eigenvalue weighted by Crippen LogP contribution is -2.14. The summed E-state index contributed by atoms with van der Waals surface area (Å²) in [5, 5.41) is 17.9. The molecule has 1 unspecified atom stereocenters. The maximum absolute atomic E-state index is 13.5. The van der Waals surface area contributed by atoms with Crippen molar-refractivity contribution in [1.82, 2.24) is 0 Å².